The van der Waals surface area contributed by atoms with Crippen LogP contribution in [0.5, 0.6) is 11.5 Å². The minimum atomic E-state index is -4.56. The number of hydrogen-bond donors (Lipinski definition) is 0. The highest BCUT2D eigenvalue weighted by molar-refractivity contribution is 9.10. The van der Waals surface area contributed by atoms with Crippen LogP contribution in [0.2, 0.25) is 51.4 Å². The Morgan fingerprint density at radius 1 is 0.591 bits per heavy atom. The predicted molar refractivity (Wildman–Crippen MR) is 332 cm³/mol. The number of pyridine rings is 2. The van der Waals surface area contributed by atoms with Gasteiger partial charge in [0.1, 0.15) is 65.3 Å². The van der Waals surface area contributed by atoms with Crippen molar-refractivity contribution >= 4 is 56.6 Å². The van der Waals surface area contributed by atoms with Crippen LogP contribution in [-0.4, -0.2) is 115 Å². The van der Waals surface area contributed by atoms with Crippen molar-refractivity contribution in [2.24, 2.45) is 10.8 Å². The van der Waals surface area contributed by atoms with Crippen molar-refractivity contribution in [3.05, 3.63) is 114 Å². The van der Waals surface area contributed by atoms with E-state index in [1.807, 2.05) is 71.0 Å². The molecule has 0 atom stereocenters. The molecular weight excluding hydrogens is 1250 g/mol. The van der Waals surface area contributed by atoms with Crippen LogP contribution >= 0.6 is 15.9 Å². The maximum atomic E-state index is 13.4. The monoisotopic (exact) mass is 1330 g/mol. The number of nitrogens with zero attached hydrogens (tertiary/aromatic N) is 6. The number of imidazole rings is 2. The standard InChI is InChI=1S/C28H34F3N3O4Si.C19H27BO5.C15H19BrF3N3OSi/c1-5-37-26(35)27(12-13-27)18-38-22-9-6-20(7-10-22)23-11-8-21(16-32-23)25-33-24(28(29,30)31)17-34(25)19-36-14-15-39(2,3)4;1-6-22-16(21)19(11-12-19)13-23-15-9-7-14(8-10-15)20-24-17(2,3)18(4,5)25-20;1-24(2,3)7-6-23-10-22-9-12(15(17,18)19)21-14(22)11-4-5-13(16)20-8-11/h6-11,16-17H,5,12-15,18-19H2,1-4H3;7-10H,6,11-13H2,1-5H3;4-5,8-9H,6-7,10H2,1-3H3. The summed E-state index contributed by atoms with van der Waals surface area (Å²) in [4.78, 5) is 40.1. The van der Waals surface area contributed by atoms with Gasteiger partial charge in [0.25, 0.3) is 0 Å². The SMILES string of the molecule is CCOC(=O)C1(COc2ccc(-c3ccc(-c4nc(C(F)(F)F)cn4COCC[Si](C)(C)C)cn3)cc2)CC1.CCOC(=O)C1(COc2ccc(B3OC(C)(C)C(C)(C)O3)cc2)CC1.C[Si](C)(C)CCOCn1cc(C(F)(F)F)nc1-c1ccc(Br)nc1. The lowest BCUT2D eigenvalue weighted by Crippen LogP contribution is -2.41. The zero-order chi connectivity index (χ0) is 64.5. The number of ether oxygens (including phenoxy) is 6. The highest BCUT2D eigenvalue weighted by Gasteiger charge is 2.54. The van der Waals surface area contributed by atoms with Crippen LogP contribution in [-0.2, 0) is 63.7 Å². The van der Waals surface area contributed by atoms with Gasteiger partial charge in [-0.05, 0) is 161 Å². The first-order valence-corrected chi connectivity index (χ1v) is 37.5. The molecule has 2 saturated carbocycles. The van der Waals surface area contributed by atoms with Gasteiger partial charge in [0, 0.05) is 70.8 Å². The normalized spacial score (nSPS) is 16.4. The van der Waals surface area contributed by atoms with Gasteiger partial charge in [0.2, 0.25) is 0 Å². The molecular formula is C62H80BBrF6N6O10Si2. The number of esters is 2. The molecule has 0 radical (unpaired) electrons. The number of alkyl halides is 6. The van der Waals surface area contributed by atoms with Gasteiger partial charge in [-0.25, -0.2) is 15.0 Å². The molecule has 0 amide bonds. The molecule has 9 rings (SSSR count). The van der Waals surface area contributed by atoms with Gasteiger partial charge in [-0.1, -0.05) is 51.4 Å². The van der Waals surface area contributed by atoms with Crippen LogP contribution in [0.1, 0.15) is 78.6 Å². The predicted octanol–water partition coefficient (Wildman–Crippen LogP) is 14.4. The van der Waals surface area contributed by atoms with Crippen molar-refractivity contribution in [3.8, 4) is 45.5 Å². The molecule has 6 aromatic rings. The highest BCUT2D eigenvalue weighted by atomic mass is 79.9. The van der Waals surface area contributed by atoms with Crippen molar-refractivity contribution in [1.82, 2.24) is 29.1 Å². The van der Waals surface area contributed by atoms with E-state index in [1.54, 1.807) is 43.3 Å². The fourth-order valence-corrected chi connectivity index (χ4v) is 10.3. The molecule has 1 saturated heterocycles. The maximum Gasteiger partial charge on any atom is 0.494 e. The van der Waals surface area contributed by atoms with Crippen molar-refractivity contribution in [3.63, 3.8) is 0 Å². The van der Waals surface area contributed by atoms with Crippen molar-refractivity contribution < 1.29 is 73.7 Å². The summed E-state index contributed by atoms with van der Waals surface area (Å²) in [6.45, 7) is 27.4. The van der Waals surface area contributed by atoms with Gasteiger partial charge >= 0.3 is 31.4 Å². The summed E-state index contributed by atoms with van der Waals surface area (Å²) < 4.78 is 128. The summed E-state index contributed by atoms with van der Waals surface area (Å²) in [5.41, 5.74) is -0.225. The average Bonchev–Trinajstić information content (AvgIpc) is 2.75. The van der Waals surface area contributed by atoms with Crippen molar-refractivity contribution in [1.29, 1.82) is 0 Å². The van der Waals surface area contributed by atoms with Gasteiger partial charge in [-0.15, -0.1) is 0 Å². The molecule has 26 heteroatoms. The Morgan fingerprint density at radius 3 is 1.34 bits per heavy atom. The maximum absolute atomic E-state index is 13.4. The molecule has 2 aromatic carbocycles. The van der Waals surface area contributed by atoms with Gasteiger partial charge in [0.15, 0.2) is 11.4 Å². The van der Waals surface area contributed by atoms with Crippen molar-refractivity contribution in [2.45, 2.75) is 156 Å². The van der Waals surface area contributed by atoms with E-state index >= 15 is 0 Å². The Labute approximate surface area is 522 Å². The second-order valence-electron chi connectivity index (χ2n) is 25.6. The van der Waals surface area contributed by atoms with Gasteiger partial charge in [-0.2, -0.15) is 26.3 Å². The second kappa shape index (κ2) is 28.5. The molecule has 0 N–H and O–H groups in total. The van der Waals surface area contributed by atoms with Crippen LogP contribution in [0.15, 0.2) is 102 Å². The minimum Gasteiger partial charge on any atom is -0.492 e. The average molecular weight is 1330 g/mol. The topological polar surface area (TPSA) is 169 Å². The number of carbonyl (C=O) groups is 2. The Bertz CT molecular complexity index is 3240. The summed E-state index contributed by atoms with van der Waals surface area (Å²) in [6.07, 6.45) is -0.943. The van der Waals surface area contributed by atoms with Gasteiger partial charge in [0.05, 0.1) is 30.1 Å². The third-order valence-electron chi connectivity index (χ3n) is 15.3. The zero-order valence-electron chi connectivity index (χ0n) is 52.1. The lowest BCUT2D eigenvalue weighted by molar-refractivity contribution is -0.151. The Morgan fingerprint density at radius 2 is 0.989 bits per heavy atom. The van der Waals surface area contributed by atoms with E-state index in [9.17, 15) is 35.9 Å². The lowest BCUT2D eigenvalue weighted by Gasteiger charge is -2.32. The van der Waals surface area contributed by atoms with E-state index in [0.717, 1.165) is 66.9 Å². The van der Waals surface area contributed by atoms with Crippen LogP contribution in [0.25, 0.3) is 34.0 Å². The molecule has 2 aliphatic carbocycles. The number of benzene rings is 2. The highest BCUT2D eigenvalue weighted by Crippen LogP contribution is 2.48. The Kier molecular flexibility index (Phi) is 22.5. The molecule has 3 aliphatic rings. The first-order chi connectivity index (χ1) is 41.2. The van der Waals surface area contributed by atoms with Crippen LogP contribution in [0.3, 0.4) is 0 Å². The summed E-state index contributed by atoms with van der Waals surface area (Å²) in [5.74, 6) is 1.33. The lowest BCUT2D eigenvalue weighted by atomic mass is 9.79. The largest absolute Gasteiger partial charge is 0.494 e. The zero-order valence-corrected chi connectivity index (χ0v) is 55.7. The van der Waals surface area contributed by atoms with E-state index in [1.165, 1.54) is 21.5 Å². The van der Waals surface area contributed by atoms with Crippen LogP contribution in [0.4, 0.5) is 26.3 Å². The van der Waals surface area contributed by atoms with Crippen LogP contribution < -0.4 is 14.9 Å². The molecule has 478 valence electrons. The van der Waals surface area contributed by atoms with E-state index < -0.39 is 50.7 Å². The van der Waals surface area contributed by atoms with Crippen molar-refractivity contribution in [2.75, 3.05) is 39.6 Å². The third kappa shape index (κ3) is 19.3. The summed E-state index contributed by atoms with van der Waals surface area (Å²) >= 11 is 3.20. The molecule has 16 nitrogen and oxygen atoms in total. The molecule has 4 aromatic heterocycles. The smallest absolute Gasteiger partial charge is 0.492 e. The molecule has 88 heavy (non-hydrogen) atoms. The first-order valence-electron chi connectivity index (χ1n) is 29.3. The van der Waals surface area contributed by atoms with Gasteiger partial charge < -0.3 is 46.9 Å². The summed E-state index contributed by atoms with van der Waals surface area (Å²) in [6, 6.07) is 23.6. The summed E-state index contributed by atoms with van der Waals surface area (Å²) in [7, 11) is -2.95. The fraction of sp³-hybridized carbons (Fsp3) is 0.516. The van der Waals surface area contributed by atoms with Crippen LogP contribution in [0, 0.1) is 10.8 Å². The van der Waals surface area contributed by atoms with E-state index in [-0.39, 0.29) is 62.0 Å². The molecule has 0 spiro atoms. The van der Waals surface area contributed by atoms with E-state index in [2.05, 4.69) is 75.1 Å². The number of aromatic nitrogens is 6. The fourth-order valence-electron chi connectivity index (χ4n) is 8.60. The summed E-state index contributed by atoms with van der Waals surface area (Å²) in [5, 5.41) is 0. The molecule has 1 aliphatic heterocycles. The Balaban J connectivity index is 0.000000197. The van der Waals surface area contributed by atoms with E-state index in [0.29, 0.717) is 60.2 Å². The quantitative estimate of drug-likeness (QED) is 0.0184. The second-order valence-corrected chi connectivity index (χ2v) is 37.6. The minimum absolute atomic E-state index is 0.0242. The Hall–Kier alpha value is -5.90. The number of rotatable bonds is 24. The molecule has 5 heterocycles. The first kappa shape index (κ1) is 69.6. The van der Waals surface area contributed by atoms with E-state index in [4.69, 9.17) is 37.7 Å². The number of halogens is 7. The molecule has 3 fully saturated rings. The van der Waals surface area contributed by atoms with Gasteiger partial charge in [-0.3, -0.25) is 14.6 Å². The number of hydrogen-bond acceptors (Lipinski definition) is 14. The number of carbonyl (C=O) groups excluding carboxylic acids is 2. The molecule has 0 bridgehead atoms. The third-order valence-corrected chi connectivity index (χ3v) is 19.2. The molecule has 0 unspecified atom stereocenters.